The molecule has 2 heteroatoms. The first-order valence-corrected chi connectivity index (χ1v) is 7.79. The Morgan fingerprint density at radius 1 is 1.12 bits per heavy atom. The summed E-state index contributed by atoms with van der Waals surface area (Å²) >= 11 is 0. The lowest BCUT2D eigenvalue weighted by Crippen LogP contribution is -2.50. The lowest BCUT2D eigenvalue weighted by atomic mass is 9.98. The van der Waals surface area contributed by atoms with E-state index < -0.39 is 0 Å². The van der Waals surface area contributed by atoms with Crippen LogP contribution in [0.25, 0.3) is 0 Å². The van der Waals surface area contributed by atoms with Crippen molar-refractivity contribution in [2.75, 3.05) is 19.6 Å². The highest BCUT2D eigenvalue weighted by atomic mass is 15.2. The molecule has 0 bridgehead atoms. The van der Waals surface area contributed by atoms with Gasteiger partial charge in [0.1, 0.15) is 0 Å². The summed E-state index contributed by atoms with van der Waals surface area (Å²) in [5.41, 5.74) is 0. The standard InChI is InChI=1S/C15H32N2/c1-4-8-14(9-5-2)17(12-6-3)15-10-7-11-16-13-15/h14-16H,4-13H2,1-3H3. The smallest absolute Gasteiger partial charge is 0.0224 e. The van der Waals surface area contributed by atoms with Crippen molar-refractivity contribution >= 4 is 0 Å². The molecular weight excluding hydrogens is 208 g/mol. The van der Waals surface area contributed by atoms with Gasteiger partial charge in [0.25, 0.3) is 0 Å². The highest BCUT2D eigenvalue weighted by Crippen LogP contribution is 2.20. The molecule has 1 rings (SSSR count). The van der Waals surface area contributed by atoms with Crippen LogP contribution in [0.2, 0.25) is 0 Å². The lowest BCUT2D eigenvalue weighted by molar-refractivity contribution is 0.0991. The van der Waals surface area contributed by atoms with Crippen LogP contribution in [0.4, 0.5) is 0 Å². The van der Waals surface area contributed by atoms with E-state index in [9.17, 15) is 0 Å². The number of rotatable bonds is 8. The maximum absolute atomic E-state index is 3.57. The molecule has 0 aromatic carbocycles. The molecule has 1 fully saturated rings. The molecule has 1 heterocycles. The number of piperidine rings is 1. The van der Waals surface area contributed by atoms with Gasteiger partial charge in [0.2, 0.25) is 0 Å². The number of hydrogen-bond acceptors (Lipinski definition) is 2. The van der Waals surface area contributed by atoms with Crippen molar-refractivity contribution in [3.63, 3.8) is 0 Å². The summed E-state index contributed by atoms with van der Waals surface area (Å²) in [6.45, 7) is 10.7. The van der Waals surface area contributed by atoms with Crippen molar-refractivity contribution in [3.8, 4) is 0 Å². The van der Waals surface area contributed by atoms with E-state index in [1.54, 1.807) is 0 Å². The van der Waals surface area contributed by atoms with Crippen LogP contribution >= 0.6 is 0 Å². The molecule has 1 unspecified atom stereocenters. The van der Waals surface area contributed by atoms with Crippen molar-refractivity contribution in [1.29, 1.82) is 0 Å². The summed E-state index contributed by atoms with van der Waals surface area (Å²) < 4.78 is 0. The van der Waals surface area contributed by atoms with Gasteiger partial charge in [-0.05, 0) is 45.2 Å². The van der Waals surface area contributed by atoms with Gasteiger partial charge in [-0.1, -0.05) is 33.6 Å². The van der Waals surface area contributed by atoms with E-state index in [0.717, 1.165) is 12.1 Å². The van der Waals surface area contributed by atoms with Gasteiger partial charge < -0.3 is 5.32 Å². The summed E-state index contributed by atoms with van der Waals surface area (Å²) in [5, 5.41) is 3.57. The Kier molecular flexibility index (Phi) is 7.87. The van der Waals surface area contributed by atoms with Gasteiger partial charge in [-0.3, -0.25) is 4.90 Å². The molecule has 0 aromatic heterocycles. The Hall–Kier alpha value is -0.0800. The van der Waals surface area contributed by atoms with Crippen LogP contribution in [-0.2, 0) is 0 Å². The van der Waals surface area contributed by atoms with Crippen molar-refractivity contribution in [3.05, 3.63) is 0 Å². The fourth-order valence-electron chi connectivity index (χ4n) is 3.18. The van der Waals surface area contributed by atoms with Gasteiger partial charge in [-0.2, -0.15) is 0 Å². The Labute approximate surface area is 108 Å². The number of hydrogen-bond donors (Lipinski definition) is 1. The monoisotopic (exact) mass is 240 g/mol. The van der Waals surface area contributed by atoms with E-state index in [4.69, 9.17) is 0 Å². The molecule has 0 aliphatic carbocycles. The predicted octanol–water partition coefficient (Wildman–Crippen LogP) is 3.42. The molecule has 2 nitrogen and oxygen atoms in total. The normalized spacial score (nSPS) is 21.4. The highest BCUT2D eigenvalue weighted by Gasteiger charge is 2.25. The molecule has 0 saturated carbocycles. The summed E-state index contributed by atoms with van der Waals surface area (Å²) in [6.07, 6.45) is 9.46. The third kappa shape index (κ3) is 4.97. The molecule has 1 atom stereocenters. The predicted molar refractivity (Wildman–Crippen MR) is 76.5 cm³/mol. The SMILES string of the molecule is CCCC(CCC)N(CCC)C1CCCNC1. The van der Waals surface area contributed by atoms with Crippen LogP contribution < -0.4 is 5.32 Å². The zero-order chi connectivity index (χ0) is 12.5. The van der Waals surface area contributed by atoms with Crippen LogP contribution in [0.3, 0.4) is 0 Å². The molecule has 1 aliphatic heterocycles. The minimum absolute atomic E-state index is 0.798. The first-order chi connectivity index (χ1) is 8.33. The van der Waals surface area contributed by atoms with E-state index in [2.05, 4.69) is 31.0 Å². The largest absolute Gasteiger partial charge is 0.315 e. The lowest BCUT2D eigenvalue weighted by Gasteiger charge is -2.40. The van der Waals surface area contributed by atoms with Crippen LogP contribution in [0.15, 0.2) is 0 Å². The second-order valence-corrected chi connectivity index (χ2v) is 5.47. The molecule has 1 aliphatic rings. The van der Waals surface area contributed by atoms with Gasteiger partial charge in [-0.25, -0.2) is 0 Å². The van der Waals surface area contributed by atoms with Crippen LogP contribution in [0.5, 0.6) is 0 Å². The van der Waals surface area contributed by atoms with Gasteiger partial charge in [0, 0.05) is 18.6 Å². The Morgan fingerprint density at radius 3 is 2.29 bits per heavy atom. The maximum Gasteiger partial charge on any atom is 0.0224 e. The van der Waals surface area contributed by atoms with Crippen LogP contribution in [0.1, 0.15) is 65.7 Å². The maximum atomic E-state index is 3.57. The van der Waals surface area contributed by atoms with Crippen molar-refractivity contribution < 1.29 is 0 Å². The van der Waals surface area contributed by atoms with E-state index in [-0.39, 0.29) is 0 Å². The van der Waals surface area contributed by atoms with Gasteiger partial charge in [0.05, 0.1) is 0 Å². The summed E-state index contributed by atoms with van der Waals surface area (Å²) in [5.74, 6) is 0. The molecule has 0 spiro atoms. The van der Waals surface area contributed by atoms with Crippen molar-refractivity contribution in [2.24, 2.45) is 0 Å². The second kappa shape index (κ2) is 8.93. The molecule has 0 amide bonds. The summed E-state index contributed by atoms with van der Waals surface area (Å²) in [6, 6.07) is 1.63. The fourth-order valence-corrected chi connectivity index (χ4v) is 3.18. The third-order valence-electron chi connectivity index (χ3n) is 3.93. The van der Waals surface area contributed by atoms with Crippen LogP contribution in [-0.4, -0.2) is 36.6 Å². The van der Waals surface area contributed by atoms with Gasteiger partial charge in [0.15, 0.2) is 0 Å². The Balaban J connectivity index is 2.58. The minimum Gasteiger partial charge on any atom is -0.315 e. The minimum atomic E-state index is 0.798. The van der Waals surface area contributed by atoms with E-state index in [0.29, 0.717) is 0 Å². The zero-order valence-corrected chi connectivity index (χ0v) is 12.2. The van der Waals surface area contributed by atoms with Crippen molar-refractivity contribution in [1.82, 2.24) is 10.2 Å². The molecule has 0 radical (unpaired) electrons. The van der Waals surface area contributed by atoms with E-state index in [1.165, 1.54) is 64.6 Å². The molecule has 0 aromatic rings. The fraction of sp³-hybridized carbons (Fsp3) is 1.00. The van der Waals surface area contributed by atoms with E-state index in [1.807, 2.05) is 0 Å². The highest BCUT2D eigenvalue weighted by molar-refractivity contribution is 4.83. The topological polar surface area (TPSA) is 15.3 Å². The molecule has 1 saturated heterocycles. The second-order valence-electron chi connectivity index (χ2n) is 5.47. The summed E-state index contributed by atoms with van der Waals surface area (Å²) in [4.78, 5) is 2.82. The quantitative estimate of drug-likeness (QED) is 0.699. The van der Waals surface area contributed by atoms with Crippen molar-refractivity contribution in [2.45, 2.75) is 77.8 Å². The van der Waals surface area contributed by atoms with Gasteiger partial charge >= 0.3 is 0 Å². The Bertz CT molecular complexity index is 170. The summed E-state index contributed by atoms with van der Waals surface area (Å²) in [7, 11) is 0. The first-order valence-electron chi connectivity index (χ1n) is 7.79. The molecular formula is C15H32N2. The van der Waals surface area contributed by atoms with Crippen LogP contribution in [0, 0.1) is 0 Å². The number of nitrogens with one attached hydrogen (secondary N) is 1. The third-order valence-corrected chi connectivity index (χ3v) is 3.93. The van der Waals surface area contributed by atoms with E-state index >= 15 is 0 Å². The molecule has 102 valence electrons. The average molecular weight is 240 g/mol. The Morgan fingerprint density at radius 2 is 1.82 bits per heavy atom. The van der Waals surface area contributed by atoms with Gasteiger partial charge in [-0.15, -0.1) is 0 Å². The molecule has 17 heavy (non-hydrogen) atoms. The molecule has 1 N–H and O–H groups in total. The first kappa shape index (κ1) is 15.0. The zero-order valence-electron chi connectivity index (χ0n) is 12.2. The average Bonchev–Trinajstić information content (AvgIpc) is 2.37. The number of nitrogens with zero attached hydrogens (tertiary/aromatic N) is 1.